The minimum Gasteiger partial charge on any atom is -0.346 e. The second-order valence-electron chi connectivity index (χ2n) is 9.16. The van der Waals surface area contributed by atoms with Crippen LogP contribution in [0.3, 0.4) is 0 Å². The molecule has 0 amide bonds. The number of fused-ring (bicyclic) bond motifs is 1. The SMILES string of the molecule is CC(C)N(C(C)C)S(=O)(=O)c1ccc(N2CCCC2c2nnc3n2CCCCC3)nc1. The Balaban J connectivity index is 1.60. The Hall–Kier alpha value is -2.00. The highest BCUT2D eigenvalue weighted by atomic mass is 32.2. The molecule has 2 aromatic heterocycles. The lowest BCUT2D eigenvalue weighted by Crippen LogP contribution is -2.42. The summed E-state index contributed by atoms with van der Waals surface area (Å²) in [6.45, 7) is 9.46. The maximum Gasteiger partial charge on any atom is 0.245 e. The van der Waals surface area contributed by atoms with E-state index in [9.17, 15) is 8.42 Å². The minimum atomic E-state index is -3.59. The Morgan fingerprint density at radius 3 is 2.45 bits per heavy atom. The van der Waals surface area contributed by atoms with Crippen molar-refractivity contribution in [2.75, 3.05) is 11.4 Å². The Labute approximate surface area is 185 Å². The molecule has 1 atom stereocenters. The first-order chi connectivity index (χ1) is 14.8. The minimum absolute atomic E-state index is 0.115. The maximum atomic E-state index is 13.1. The molecule has 4 rings (SSSR count). The number of nitrogens with zero attached hydrogens (tertiary/aromatic N) is 6. The van der Waals surface area contributed by atoms with Crippen LogP contribution in [0.15, 0.2) is 23.2 Å². The Kier molecular flexibility index (Phi) is 6.35. The largest absolute Gasteiger partial charge is 0.346 e. The van der Waals surface area contributed by atoms with Crippen molar-refractivity contribution in [2.45, 2.75) is 95.8 Å². The van der Waals surface area contributed by atoms with Crippen LogP contribution in [0.25, 0.3) is 0 Å². The Morgan fingerprint density at radius 1 is 1.00 bits per heavy atom. The fourth-order valence-corrected chi connectivity index (χ4v) is 6.81. The van der Waals surface area contributed by atoms with E-state index >= 15 is 0 Å². The molecule has 8 nitrogen and oxygen atoms in total. The van der Waals surface area contributed by atoms with Crippen LogP contribution in [0.1, 0.15) is 77.5 Å². The van der Waals surface area contributed by atoms with Crippen LogP contribution < -0.4 is 4.90 Å². The van der Waals surface area contributed by atoms with Crippen molar-refractivity contribution in [1.82, 2.24) is 24.1 Å². The molecule has 0 radical (unpaired) electrons. The second kappa shape index (κ2) is 8.86. The van der Waals surface area contributed by atoms with Gasteiger partial charge in [-0.2, -0.15) is 4.31 Å². The number of hydrogen-bond acceptors (Lipinski definition) is 6. The second-order valence-corrected chi connectivity index (χ2v) is 11.0. The van der Waals surface area contributed by atoms with E-state index < -0.39 is 10.0 Å². The first-order valence-electron chi connectivity index (χ1n) is 11.5. The van der Waals surface area contributed by atoms with E-state index in [0.29, 0.717) is 0 Å². The third kappa shape index (κ3) is 4.22. The van der Waals surface area contributed by atoms with E-state index in [1.807, 2.05) is 33.8 Å². The predicted octanol–water partition coefficient (Wildman–Crippen LogP) is 3.55. The molecule has 1 saturated heterocycles. The highest BCUT2D eigenvalue weighted by Crippen LogP contribution is 2.35. The first-order valence-corrected chi connectivity index (χ1v) is 12.9. The average Bonchev–Trinajstić information content (AvgIpc) is 3.28. The molecular formula is C22H34N6O2S. The highest BCUT2D eigenvalue weighted by Gasteiger charge is 2.33. The van der Waals surface area contributed by atoms with Crippen molar-refractivity contribution >= 4 is 15.8 Å². The van der Waals surface area contributed by atoms with Gasteiger partial charge in [-0.25, -0.2) is 13.4 Å². The highest BCUT2D eigenvalue weighted by molar-refractivity contribution is 7.89. The number of hydrogen-bond donors (Lipinski definition) is 0. The zero-order valence-corrected chi connectivity index (χ0v) is 19.8. The third-order valence-electron chi connectivity index (χ3n) is 6.30. The summed E-state index contributed by atoms with van der Waals surface area (Å²) >= 11 is 0. The summed E-state index contributed by atoms with van der Waals surface area (Å²) in [7, 11) is -3.59. The van der Waals surface area contributed by atoms with Crippen molar-refractivity contribution in [3.05, 3.63) is 30.0 Å². The fraction of sp³-hybridized carbons (Fsp3) is 0.682. The van der Waals surface area contributed by atoms with E-state index in [0.717, 1.165) is 56.2 Å². The Bertz CT molecular complexity index is 992. The molecule has 4 heterocycles. The molecule has 0 aromatic carbocycles. The van der Waals surface area contributed by atoms with Crippen LogP contribution in [-0.4, -0.2) is 51.1 Å². The lowest BCUT2D eigenvalue weighted by atomic mass is 10.2. The van der Waals surface area contributed by atoms with Gasteiger partial charge < -0.3 is 9.47 Å². The number of anilines is 1. The van der Waals surface area contributed by atoms with Crippen LogP contribution in [0.2, 0.25) is 0 Å². The summed E-state index contributed by atoms with van der Waals surface area (Å²) in [6, 6.07) is 3.43. The molecule has 1 fully saturated rings. The van der Waals surface area contributed by atoms with Gasteiger partial charge in [0.05, 0.1) is 6.04 Å². The summed E-state index contributed by atoms with van der Waals surface area (Å²) < 4.78 is 30.1. The van der Waals surface area contributed by atoms with Gasteiger partial charge in [0.2, 0.25) is 10.0 Å². The molecule has 31 heavy (non-hydrogen) atoms. The van der Waals surface area contributed by atoms with E-state index in [1.165, 1.54) is 23.3 Å². The number of aromatic nitrogens is 4. The lowest BCUT2D eigenvalue weighted by Gasteiger charge is -2.30. The zero-order valence-electron chi connectivity index (χ0n) is 19.0. The van der Waals surface area contributed by atoms with Gasteiger partial charge in [0, 0.05) is 37.8 Å². The third-order valence-corrected chi connectivity index (χ3v) is 8.53. The van der Waals surface area contributed by atoms with Gasteiger partial charge in [-0.15, -0.1) is 10.2 Å². The van der Waals surface area contributed by atoms with Crippen molar-refractivity contribution in [2.24, 2.45) is 0 Å². The lowest BCUT2D eigenvalue weighted by molar-refractivity contribution is 0.302. The smallest absolute Gasteiger partial charge is 0.245 e. The average molecular weight is 447 g/mol. The standard InChI is InChI=1S/C22H34N6O2S/c1-16(2)28(17(3)4)31(29,30)18-11-12-20(23-15-18)26-14-8-9-19(26)22-25-24-21-10-6-5-7-13-27(21)22/h11-12,15-17,19H,5-10,13-14H2,1-4H3. The van der Waals surface area contributed by atoms with Gasteiger partial charge in [0.1, 0.15) is 16.5 Å². The van der Waals surface area contributed by atoms with Crippen molar-refractivity contribution in [3.63, 3.8) is 0 Å². The monoisotopic (exact) mass is 446 g/mol. The van der Waals surface area contributed by atoms with E-state index in [1.54, 1.807) is 6.07 Å². The molecule has 2 aliphatic rings. The number of aryl methyl sites for hydroxylation is 1. The quantitative estimate of drug-likeness (QED) is 0.675. The van der Waals surface area contributed by atoms with Gasteiger partial charge >= 0.3 is 0 Å². The number of pyridine rings is 1. The van der Waals surface area contributed by atoms with Crippen LogP contribution in [0.4, 0.5) is 5.82 Å². The summed E-state index contributed by atoms with van der Waals surface area (Å²) in [4.78, 5) is 7.07. The molecule has 170 valence electrons. The summed E-state index contributed by atoms with van der Waals surface area (Å²) in [6.07, 6.45) is 8.14. The van der Waals surface area contributed by atoms with E-state index in [4.69, 9.17) is 0 Å². The fourth-order valence-electron chi connectivity index (χ4n) is 5.03. The van der Waals surface area contributed by atoms with Crippen molar-refractivity contribution in [3.8, 4) is 0 Å². The topological polar surface area (TPSA) is 84.2 Å². The molecule has 0 N–H and O–H groups in total. The molecule has 9 heteroatoms. The van der Waals surface area contributed by atoms with Crippen LogP contribution in [0, 0.1) is 0 Å². The van der Waals surface area contributed by atoms with E-state index in [2.05, 4.69) is 24.6 Å². The molecule has 0 saturated carbocycles. The molecule has 0 spiro atoms. The molecule has 2 aliphatic heterocycles. The van der Waals surface area contributed by atoms with Gasteiger partial charge in [-0.3, -0.25) is 0 Å². The number of rotatable bonds is 6. The Morgan fingerprint density at radius 2 is 1.77 bits per heavy atom. The molecule has 0 aliphatic carbocycles. The molecular weight excluding hydrogens is 412 g/mol. The molecule has 1 unspecified atom stereocenters. The predicted molar refractivity (Wildman–Crippen MR) is 120 cm³/mol. The number of sulfonamides is 1. The van der Waals surface area contributed by atoms with Gasteiger partial charge in [0.25, 0.3) is 0 Å². The molecule has 2 aromatic rings. The van der Waals surface area contributed by atoms with E-state index in [-0.39, 0.29) is 23.0 Å². The van der Waals surface area contributed by atoms with Gasteiger partial charge in [0.15, 0.2) is 5.82 Å². The normalized spacial score (nSPS) is 20.0. The molecule has 0 bridgehead atoms. The first kappa shape index (κ1) is 22.2. The summed E-state index contributed by atoms with van der Waals surface area (Å²) in [5.74, 6) is 2.92. The van der Waals surface area contributed by atoms with Crippen LogP contribution >= 0.6 is 0 Å². The summed E-state index contributed by atoms with van der Waals surface area (Å²) in [5.41, 5.74) is 0. The van der Waals surface area contributed by atoms with Gasteiger partial charge in [-0.05, 0) is 65.5 Å². The maximum absolute atomic E-state index is 13.1. The van der Waals surface area contributed by atoms with Gasteiger partial charge in [-0.1, -0.05) is 6.42 Å². The van der Waals surface area contributed by atoms with Crippen molar-refractivity contribution in [1.29, 1.82) is 0 Å². The van der Waals surface area contributed by atoms with Crippen molar-refractivity contribution < 1.29 is 8.42 Å². The van der Waals surface area contributed by atoms with Crippen LogP contribution in [-0.2, 0) is 23.0 Å². The zero-order chi connectivity index (χ0) is 22.2. The van der Waals surface area contributed by atoms with Crippen LogP contribution in [0.5, 0.6) is 0 Å². The summed E-state index contributed by atoms with van der Waals surface area (Å²) in [5, 5.41) is 9.03.